The smallest absolute Gasteiger partial charge is 0.238 e. The van der Waals surface area contributed by atoms with Crippen molar-refractivity contribution in [2.75, 3.05) is 31.1 Å². The molecule has 0 aromatic heterocycles. The number of fused-ring (bicyclic) bond motifs is 2. The molecule has 1 aliphatic carbocycles. The third-order valence-electron chi connectivity index (χ3n) is 7.20. The molecule has 7 heteroatoms. The molecule has 2 bridgehead atoms. The van der Waals surface area contributed by atoms with Crippen LogP contribution in [0.1, 0.15) is 45.1 Å². The van der Waals surface area contributed by atoms with Gasteiger partial charge in [0.2, 0.25) is 5.91 Å². The van der Waals surface area contributed by atoms with Crippen molar-refractivity contribution in [3.8, 4) is 6.07 Å². The maximum absolute atomic E-state index is 14.9. The fourth-order valence-corrected chi connectivity index (χ4v) is 5.37. The molecule has 31 heavy (non-hydrogen) atoms. The van der Waals surface area contributed by atoms with Crippen LogP contribution in [0.25, 0.3) is 0 Å². The van der Waals surface area contributed by atoms with E-state index in [9.17, 15) is 14.4 Å². The molecule has 2 N–H and O–H groups in total. The van der Waals surface area contributed by atoms with E-state index in [-0.39, 0.29) is 24.2 Å². The van der Waals surface area contributed by atoms with E-state index in [0.717, 1.165) is 57.5 Å². The summed E-state index contributed by atoms with van der Waals surface area (Å²) in [5, 5.41) is 15.7. The van der Waals surface area contributed by atoms with E-state index in [1.807, 2.05) is 6.07 Å². The first-order valence-electron chi connectivity index (χ1n) is 11.7. The van der Waals surface area contributed by atoms with Gasteiger partial charge in [0.1, 0.15) is 11.9 Å². The first-order chi connectivity index (χ1) is 14.9. The van der Waals surface area contributed by atoms with Crippen molar-refractivity contribution in [1.29, 1.82) is 5.26 Å². The van der Waals surface area contributed by atoms with Gasteiger partial charge >= 0.3 is 0 Å². The largest absolute Gasteiger partial charge is 0.370 e. The SMILES string of the molecule is CC(C)N1CCCN(c2ccc(C[C@@H](C#N)NC(=O)C3NC4CCC3C4)c(F)c2)CC1. The summed E-state index contributed by atoms with van der Waals surface area (Å²) in [6.07, 6.45) is 4.46. The Balaban J connectivity index is 1.36. The minimum atomic E-state index is -0.730. The van der Waals surface area contributed by atoms with Gasteiger partial charge in [0.15, 0.2) is 0 Å². The Labute approximate surface area is 184 Å². The van der Waals surface area contributed by atoms with Crippen LogP contribution in [0.5, 0.6) is 0 Å². The topological polar surface area (TPSA) is 71.4 Å². The van der Waals surface area contributed by atoms with Crippen LogP contribution in [0.2, 0.25) is 0 Å². The molecule has 3 aliphatic rings. The van der Waals surface area contributed by atoms with Gasteiger partial charge in [-0.1, -0.05) is 6.07 Å². The molecule has 2 heterocycles. The molecular formula is C24H34FN5O. The number of rotatable bonds is 6. The van der Waals surface area contributed by atoms with Gasteiger partial charge in [-0.15, -0.1) is 0 Å². The molecule has 4 rings (SSSR count). The third-order valence-corrected chi connectivity index (χ3v) is 7.20. The highest BCUT2D eigenvalue weighted by atomic mass is 19.1. The highest BCUT2D eigenvalue weighted by Gasteiger charge is 2.43. The first kappa shape index (κ1) is 22.0. The highest BCUT2D eigenvalue weighted by molar-refractivity contribution is 5.83. The minimum Gasteiger partial charge on any atom is -0.370 e. The van der Waals surface area contributed by atoms with Crippen LogP contribution >= 0.6 is 0 Å². The van der Waals surface area contributed by atoms with E-state index >= 15 is 0 Å². The normalized spacial score (nSPS) is 27.2. The van der Waals surface area contributed by atoms with E-state index in [1.165, 1.54) is 0 Å². The predicted octanol–water partition coefficient (Wildman–Crippen LogP) is 2.44. The summed E-state index contributed by atoms with van der Waals surface area (Å²) in [6.45, 7) is 8.25. The average molecular weight is 428 g/mol. The van der Waals surface area contributed by atoms with Crippen molar-refractivity contribution in [3.05, 3.63) is 29.6 Å². The Kier molecular flexibility index (Phi) is 6.78. The Bertz CT molecular complexity index is 838. The molecule has 3 fully saturated rings. The summed E-state index contributed by atoms with van der Waals surface area (Å²) in [4.78, 5) is 17.3. The number of nitrogens with zero attached hydrogens (tertiary/aromatic N) is 3. The van der Waals surface area contributed by atoms with Crippen LogP contribution in [0.4, 0.5) is 10.1 Å². The van der Waals surface area contributed by atoms with Crippen molar-refractivity contribution in [2.45, 2.75) is 70.1 Å². The van der Waals surface area contributed by atoms with Crippen LogP contribution in [0.3, 0.4) is 0 Å². The summed E-state index contributed by atoms with van der Waals surface area (Å²) in [5.74, 6) is -0.0781. The summed E-state index contributed by atoms with van der Waals surface area (Å²) >= 11 is 0. The first-order valence-corrected chi connectivity index (χ1v) is 11.7. The molecule has 168 valence electrons. The lowest BCUT2D eigenvalue weighted by Crippen LogP contribution is -2.50. The molecule has 3 unspecified atom stereocenters. The number of nitriles is 1. The van der Waals surface area contributed by atoms with Crippen LogP contribution in [-0.4, -0.2) is 61.2 Å². The Morgan fingerprint density at radius 1 is 1.29 bits per heavy atom. The number of halogens is 1. The zero-order valence-corrected chi connectivity index (χ0v) is 18.6. The average Bonchev–Trinajstić information content (AvgIpc) is 3.30. The lowest BCUT2D eigenvalue weighted by Gasteiger charge is -2.26. The standard InChI is InChI=1S/C24H34FN5O/c1-16(2)29-8-3-9-30(11-10-29)21-7-5-17(22(25)14-21)12-20(15-26)28-24(31)23-18-4-6-19(13-18)27-23/h5,7,14,16,18-20,23,27H,3-4,6,8-13H2,1-2H3,(H,28,31)/t18?,19?,20-,23?/m0/s1. The van der Waals surface area contributed by atoms with Gasteiger partial charge < -0.3 is 15.5 Å². The number of anilines is 1. The van der Waals surface area contributed by atoms with Crippen LogP contribution in [0, 0.1) is 23.1 Å². The summed E-state index contributed by atoms with van der Waals surface area (Å²) < 4.78 is 14.9. The number of carbonyl (C=O) groups excluding carboxylic acids is 1. The lowest BCUT2D eigenvalue weighted by atomic mass is 9.98. The zero-order chi connectivity index (χ0) is 22.0. The van der Waals surface area contributed by atoms with E-state index in [2.05, 4.69) is 40.4 Å². The molecule has 6 nitrogen and oxygen atoms in total. The number of hydrogen-bond donors (Lipinski definition) is 2. The second kappa shape index (κ2) is 9.54. The van der Waals surface area contributed by atoms with Crippen LogP contribution < -0.4 is 15.5 Å². The predicted molar refractivity (Wildman–Crippen MR) is 119 cm³/mol. The number of amides is 1. The van der Waals surface area contributed by atoms with E-state index < -0.39 is 6.04 Å². The van der Waals surface area contributed by atoms with E-state index in [0.29, 0.717) is 23.6 Å². The van der Waals surface area contributed by atoms with Crippen molar-refractivity contribution in [1.82, 2.24) is 15.5 Å². The fourth-order valence-electron chi connectivity index (χ4n) is 5.37. The van der Waals surface area contributed by atoms with Gasteiger partial charge in [-0.25, -0.2) is 4.39 Å². The number of hydrogen-bond acceptors (Lipinski definition) is 5. The molecule has 1 aromatic carbocycles. The Hall–Kier alpha value is -2.17. The van der Waals surface area contributed by atoms with E-state index in [1.54, 1.807) is 12.1 Å². The fraction of sp³-hybridized carbons (Fsp3) is 0.667. The van der Waals surface area contributed by atoms with Crippen molar-refractivity contribution in [2.24, 2.45) is 5.92 Å². The van der Waals surface area contributed by atoms with Crippen LogP contribution in [-0.2, 0) is 11.2 Å². The Morgan fingerprint density at radius 3 is 2.77 bits per heavy atom. The monoisotopic (exact) mass is 427 g/mol. The molecular weight excluding hydrogens is 393 g/mol. The number of nitrogens with one attached hydrogen (secondary N) is 2. The van der Waals surface area contributed by atoms with Crippen molar-refractivity contribution < 1.29 is 9.18 Å². The second-order valence-corrected chi connectivity index (χ2v) is 9.55. The Morgan fingerprint density at radius 2 is 2.13 bits per heavy atom. The molecule has 4 atom stereocenters. The number of carbonyl (C=O) groups is 1. The third kappa shape index (κ3) is 5.02. The maximum atomic E-state index is 14.9. The molecule has 2 aliphatic heterocycles. The molecule has 0 radical (unpaired) electrons. The quantitative estimate of drug-likeness (QED) is 0.730. The summed E-state index contributed by atoms with van der Waals surface area (Å²) in [7, 11) is 0. The molecule has 1 saturated carbocycles. The van der Waals surface area contributed by atoms with E-state index in [4.69, 9.17) is 0 Å². The highest BCUT2D eigenvalue weighted by Crippen LogP contribution is 2.35. The molecule has 0 spiro atoms. The molecule has 1 amide bonds. The molecule has 1 aromatic rings. The maximum Gasteiger partial charge on any atom is 0.238 e. The lowest BCUT2D eigenvalue weighted by molar-refractivity contribution is -0.124. The van der Waals surface area contributed by atoms with Crippen LogP contribution in [0.15, 0.2) is 18.2 Å². The summed E-state index contributed by atoms with van der Waals surface area (Å²) in [6, 6.07) is 7.43. The second-order valence-electron chi connectivity index (χ2n) is 9.55. The van der Waals surface area contributed by atoms with Gasteiger partial charge in [0, 0.05) is 50.4 Å². The van der Waals surface area contributed by atoms with Gasteiger partial charge in [-0.3, -0.25) is 9.69 Å². The van der Waals surface area contributed by atoms with Gasteiger partial charge in [-0.2, -0.15) is 5.26 Å². The minimum absolute atomic E-state index is 0.130. The zero-order valence-electron chi connectivity index (χ0n) is 18.6. The van der Waals surface area contributed by atoms with Gasteiger partial charge in [0.05, 0.1) is 12.1 Å². The van der Waals surface area contributed by atoms with Crippen molar-refractivity contribution in [3.63, 3.8) is 0 Å². The summed E-state index contributed by atoms with van der Waals surface area (Å²) in [5.41, 5.74) is 1.35. The van der Waals surface area contributed by atoms with Gasteiger partial charge in [0.25, 0.3) is 0 Å². The number of benzene rings is 1. The van der Waals surface area contributed by atoms with Crippen molar-refractivity contribution >= 4 is 11.6 Å². The molecule has 2 saturated heterocycles. The number of piperidine rings is 1. The van der Waals surface area contributed by atoms with Gasteiger partial charge in [-0.05, 0) is 63.1 Å².